The summed E-state index contributed by atoms with van der Waals surface area (Å²) in [5.74, 6) is -1.24. The summed E-state index contributed by atoms with van der Waals surface area (Å²) in [4.78, 5) is 47.3. The fraction of sp³-hybridized carbons (Fsp3) is 0.448. The van der Waals surface area contributed by atoms with Gasteiger partial charge >= 0.3 is 11.9 Å². The number of benzene rings is 2. The van der Waals surface area contributed by atoms with Crippen LogP contribution in [0.2, 0.25) is 0 Å². The van der Waals surface area contributed by atoms with Crippen LogP contribution in [0.3, 0.4) is 0 Å². The molecule has 0 aromatic heterocycles. The van der Waals surface area contributed by atoms with Crippen LogP contribution in [0.4, 0.5) is 0 Å². The molecular weight excluding hydrogens is 472 g/mol. The number of amides is 2. The fourth-order valence-corrected chi connectivity index (χ4v) is 3.51. The first-order valence-electron chi connectivity index (χ1n) is 13.0. The Morgan fingerprint density at radius 2 is 0.946 bits per heavy atom. The lowest BCUT2D eigenvalue weighted by atomic mass is 10.1. The lowest BCUT2D eigenvalue weighted by molar-refractivity contribution is -0.145. The van der Waals surface area contributed by atoms with Crippen LogP contribution in [-0.4, -0.2) is 50.1 Å². The molecule has 0 radical (unpaired) electrons. The summed E-state index contributed by atoms with van der Waals surface area (Å²) in [6.07, 6.45) is 3.91. The molecule has 8 nitrogen and oxygen atoms in total. The summed E-state index contributed by atoms with van der Waals surface area (Å²) in [6.45, 7) is 1.44. The normalized spacial score (nSPS) is 10.4. The maximum atomic E-state index is 11.9. The molecule has 2 N–H and O–H groups in total. The van der Waals surface area contributed by atoms with E-state index in [1.165, 1.54) is 11.1 Å². The van der Waals surface area contributed by atoms with E-state index >= 15 is 0 Å². The molecule has 200 valence electrons. The van der Waals surface area contributed by atoms with Crippen molar-refractivity contribution in [2.75, 3.05) is 26.3 Å². The van der Waals surface area contributed by atoms with E-state index in [2.05, 4.69) is 10.6 Å². The number of rotatable bonds is 18. The smallest absolute Gasteiger partial charge is 0.306 e. The predicted octanol–water partition coefficient (Wildman–Crippen LogP) is 3.52. The minimum absolute atomic E-state index is 0.0380. The van der Waals surface area contributed by atoms with Crippen LogP contribution in [-0.2, 0) is 41.5 Å². The fourth-order valence-electron chi connectivity index (χ4n) is 3.51. The van der Waals surface area contributed by atoms with Crippen molar-refractivity contribution in [3.8, 4) is 0 Å². The number of esters is 2. The molecule has 0 unspecified atom stereocenters. The standard InChI is InChI=1S/C29H38N2O6/c32-26(16-18-28(34)36-22-7-14-24-10-3-1-4-11-24)30-20-9-21-31-27(33)17-19-29(35)37-23-8-15-25-12-5-2-6-13-25/h1-6,10-13H,7-9,14-23H2,(H,30,32)(H,31,33). The Hall–Kier alpha value is -3.68. The van der Waals surface area contributed by atoms with E-state index < -0.39 is 0 Å². The van der Waals surface area contributed by atoms with Crippen molar-refractivity contribution in [1.82, 2.24) is 10.6 Å². The summed E-state index contributed by atoms with van der Waals surface area (Å²) in [7, 11) is 0. The second-order valence-electron chi connectivity index (χ2n) is 8.67. The highest BCUT2D eigenvalue weighted by atomic mass is 16.5. The van der Waals surface area contributed by atoms with Crippen LogP contribution >= 0.6 is 0 Å². The van der Waals surface area contributed by atoms with Gasteiger partial charge in [-0.25, -0.2) is 0 Å². The topological polar surface area (TPSA) is 111 Å². The molecule has 0 saturated heterocycles. The quantitative estimate of drug-likeness (QED) is 0.235. The minimum atomic E-state index is -0.384. The molecule has 8 heteroatoms. The predicted molar refractivity (Wildman–Crippen MR) is 141 cm³/mol. The molecule has 37 heavy (non-hydrogen) atoms. The molecule has 2 amide bonds. The van der Waals surface area contributed by atoms with Gasteiger partial charge in [-0.1, -0.05) is 60.7 Å². The zero-order valence-corrected chi connectivity index (χ0v) is 21.4. The molecule has 0 aliphatic heterocycles. The average Bonchev–Trinajstić information content (AvgIpc) is 2.92. The average molecular weight is 511 g/mol. The van der Waals surface area contributed by atoms with Gasteiger partial charge in [0.1, 0.15) is 0 Å². The Kier molecular flexibility index (Phi) is 14.8. The molecule has 2 aromatic carbocycles. The summed E-state index contributed by atoms with van der Waals surface area (Å²) < 4.78 is 10.3. The maximum Gasteiger partial charge on any atom is 0.306 e. The molecule has 0 saturated carbocycles. The molecule has 2 aromatic rings. The lowest BCUT2D eigenvalue weighted by Gasteiger charge is -2.08. The Morgan fingerprint density at radius 3 is 1.35 bits per heavy atom. The molecule has 0 aliphatic carbocycles. The van der Waals surface area contributed by atoms with Gasteiger partial charge in [0.05, 0.1) is 26.1 Å². The molecule has 0 bridgehead atoms. The van der Waals surface area contributed by atoms with Crippen molar-refractivity contribution in [2.45, 2.75) is 57.8 Å². The third kappa shape index (κ3) is 15.1. The van der Waals surface area contributed by atoms with Gasteiger partial charge in [-0.2, -0.15) is 0 Å². The molecule has 2 rings (SSSR count). The molecule has 0 heterocycles. The van der Waals surface area contributed by atoms with E-state index in [9.17, 15) is 19.2 Å². The van der Waals surface area contributed by atoms with Crippen LogP contribution in [0.25, 0.3) is 0 Å². The highest BCUT2D eigenvalue weighted by Crippen LogP contribution is 2.04. The van der Waals surface area contributed by atoms with E-state index in [1.807, 2.05) is 60.7 Å². The van der Waals surface area contributed by atoms with Gasteiger partial charge in [-0.3, -0.25) is 19.2 Å². The first-order valence-corrected chi connectivity index (χ1v) is 13.0. The van der Waals surface area contributed by atoms with E-state index in [0.717, 1.165) is 25.7 Å². The summed E-state index contributed by atoms with van der Waals surface area (Å²) in [5.41, 5.74) is 2.39. The van der Waals surface area contributed by atoms with Gasteiger partial charge in [0, 0.05) is 25.9 Å². The Labute approximate surface area is 219 Å². The Bertz CT molecular complexity index is 872. The summed E-state index contributed by atoms with van der Waals surface area (Å²) in [6, 6.07) is 19.9. The van der Waals surface area contributed by atoms with E-state index in [1.54, 1.807) is 0 Å². The first kappa shape index (κ1) is 29.5. The van der Waals surface area contributed by atoms with Gasteiger partial charge in [0.25, 0.3) is 0 Å². The monoisotopic (exact) mass is 510 g/mol. The van der Waals surface area contributed by atoms with Crippen LogP contribution < -0.4 is 10.6 Å². The van der Waals surface area contributed by atoms with Crippen molar-refractivity contribution < 1.29 is 28.7 Å². The van der Waals surface area contributed by atoms with E-state index in [0.29, 0.717) is 32.7 Å². The van der Waals surface area contributed by atoms with Gasteiger partial charge in [-0.15, -0.1) is 0 Å². The number of carbonyl (C=O) groups is 4. The van der Waals surface area contributed by atoms with Crippen LogP contribution in [0.5, 0.6) is 0 Å². The second-order valence-corrected chi connectivity index (χ2v) is 8.67. The van der Waals surface area contributed by atoms with Crippen molar-refractivity contribution in [3.05, 3.63) is 71.8 Å². The van der Waals surface area contributed by atoms with Crippen LogP contribution in [0.15, 0.2) is 60.7 Å². The zero-order valence-electron chi connectivity index (χ0n) is 21.4. The van der Waals surface area contributed by atoms with Crippen LogP contribution in [0.1, 0.15) is 56.1 Å². The van der Waals surface area contributed by atoms with Gasteiger partial charge in [-0.05, 0) is 43.2 Å². The van der Waals surface area contributed by atoms with Crippen molar-refractivity contribution in [1.29, 1.82) is 0 Å². The molecule has 0 aliphatic rings. The lowest BCUT2D eigenvalue weighted by Crippen LogP contribution is -2.30. The van der Waals surface area contributed by atoms with Crippen molar-refractivity contribution in [2.24, 2.45) is 0 Å². The first-order chi connectivity index (χ1) is 18.0. The number of aryl methyl sites for hydroxylation is 2. The molecule has 0 atom stereocenters. The summed E-state index contributed by atoms with van der Waals surface area (Å²) >= 11 is 0. The number of hydrogen-bond acceptors (Lipinski definition) is 6. The van der Waals surface area contributed by atoms with Gasteiger partial charge in [0.15, 0.2) is 0 Å². The number of carbonyl (C=O) groups excluding carboxylic acids is 4. The van der Waals surface area contributed by atoms with Crippen molar-refractivity contribution in [3.63, 3.8) is 0 Å². The molecular formula is C29H38N2O6. The largest absolute Gasteiger partial charge is 0.466 e. The number of ether oxygens (including phenoxy) is 2. The summed E-state index contributed by atoms with van der Waals surface area (Å²) in [5, 5.41) is 5.44. The highest BCUT2D eigenvalue weighted by Gasteiger charge is 2.09. The van der Waals surface area contributed by atoms with E-state index in [4.69, 9.17) is 9.47 Å². The zero-order chi connectivity index (χ0) is 26.6. The molecule has 0 spiro atoms. The third-order valence-corrected chi connectivity index (χ3v) is 5.54. The SMILES string of the molecule is O=C(CCC(=O)OCCCc1ccccc1)NCCCNC(=O)CCC(=O)OCCCc1ccccc1. The van der Waals surface area contributed by atoms with Crippen LogP contribution in [0, 0.1) is 0 Å². The van der Waals surface area contributed by atoms with Gasteiger partial charge in [0.2, 0.25) is 11.8 Å². The third-order valence-electron chi connectivity index (χ3n) is 5.54. The van der Waals surface area contributed by atoms with Crippen molar-refractivity contribution >= 4 is 23.8 Å². The molecule has 0 fully saturated rings. The van der Waals surface area contributed by atoms with Gasteiger partial charge < -0.3 is 20.1 Å². The second kappa shape index (κ2) is 18.6. The highest BCUT2D eigenvalue weighted by molar-refractivity contribution is 5.81. The Balaban J connectivity index is 1.38. The Morgan fingerprint density at radius 1 is 0.541 bits per heavy atom. The minimum Gasteiger partial charge on any atom is -0.466 e. The number of hydrogen-bond donors (Lipinski definition) is 2. The number of nitrogens with one attached hydrogen (secondary N) is 2. The van der Waals surface area contributed by atoms with E-state index in [-0.39, 0.29) is 49.4 Å². The maximum absolute atomic E-state index is 11.9.